The van der Waals surface area contributed by atoms with Gasteiger partial charge in [0.05, 0.1) is 17.2 Å². The molecule has 0 spiro atoms. The molecule has 1 atom stereocenters. The Balaban J connectivity index is 1.56. The molecule has 264 valence electrons. The second-order valence-corrected chi connectivity index (χ2v) is 15.1. The van der Waals surface area contributed by atoms with Crippen molar-refractivity contribution < 1.29 is 27.1 Å². The van der Waals surface area contributed by atoms with E-state index in [1.807, 2.05) is 43.5 Å². The van der Waals surface area contributed by atoms with Gasteiger partial charge in [-0.25, -0.2) is 12.8 Å². The van der Waals surface area contributed by atoms with Gasteiger partial charge in [-0.15, -0.1) is 11.8 Å². The van der Waals surface area contributed by atoms with E-state index in [-0.39, 0.29) is 35.5 Å². The van der Waals surface area contributed by atoms with Crippen molar-refractivity contribution in [1.29, 1.82) is 0 Å². The molecular weight excluding hydrogens is 674 g/mol. The highest BCUT2D eigenvalue weighted by Gasteiger charge is 2.35. The molecule has 1 aliphatic rings. The lowest BCUT2D eigenvalue weighted by Gasteiger charge is -2.35. The standard InChI is InChI=1S/C39H44FN3O5S2/c1-3-48-34-20-18-33(19-21-34)43(50(46,47)36-24-22-35(49-2)23-25-36)28-38(44)42(27-30-14-16-31(40)17-15-30)37(26-29-10-6-4-7-11-29)39(45)41-32-12-8-5-9-13-32/h4,6-7,10-11,14-25,32,37H,3,5,8-9,12-13,26-28H2,1-2H3,(H,41,45)/t37-/m0/s1. The number of nitrogens with zero attached hydrogens (tertiary/aromatic N) is 2. The molecule has 1 aliphatic carbocycles. The van der Waals surface area contributed by atoms with E-state index in [9.17, 15) is 22.4 Å². The Morgan fingerprint density at radius 3 is 2.16 bits per heavy atom. The van der Waals surface area contributed by atoms with Crippen molar-refractivity contribution in [3.05, 3.63) is 120 Å². The van der Waals surface area contributed by atoms with Gasteiger partial charge in [0.1, 0.15) is 24.2 Å². The molecule has 50 heavy (non-hydrogen) atoms. The minimum atomic E-state index is -4.25. The van der Waals surface area contributed by atoms with Crippen molar-refractivity contribution in [1.82, 2.24) is 10.2 Å². The quantitative estimate of drug-likeness (QED) is 0.131. The summed E-state index contributed by atoms with van der Waals surface area (Å²) < 4.78 is 49.3. The molecule has 0 radical (unpaired) electrons. The number of anilines is 1. The van der Waals surface area contributed by atoms with Gasteiger partial charge in [0.2, 0.25) is 11.8 Å². The Hall–Kier alpha value is -4.35. The van der Waals surface area contributed by atoms with E-state index in [1.165, 1.54) is 40.9 Å². The molecular formula is C39H44FN3O5S2. The summed E-state index contributed by atoms with van der Waals surface area (Å²) in [6, 6.07) is 27.2. The van der Waals surface area contributed by atoms with E-state index in [1.54, 1.807) is 48.5 Å². The molecule has 5 rings (SSSR count). The summed E-state index contributed by atoms with van der Waals surface area (Å²) >= 11 is 1.49. The van der Waals surface area contributed by atoms with Gasteiger partial charge >= 0.3 is 0 Å². The van der Waals surface area contributed by atoms with Gasteiger partial charge in [-0.1, -0.05) is 61.7 Å². The van der Waals surface area contributed by atoms with Crippen LogP contribution in [0.4, 0.5) is 10.1 Å². The number of halogens is 1. The Kier molecular flexibility index (Phi) is 12.9. The fourth-order valence-electron chi connectivity index (χ4n) is 6.16. The molecule has 8 nitrogen and oxygen atoms in total. The molecule has 4 aromatic carbocycles. The van der Waals surface area contributed by atoms with Gasteiger partial charge in [-0.05, 0) is 97.8 Å². The van der Waals surface area contributed by atoms with E-state index in [0.29, 0.717) is 17.9 Å². The van der Waals surface area contributed by atoms with Crippen LogP contribution in [0.25, 0.3) is 0 Å². The second kappa shape index (κ2) is 17.5. The molecule has 0 bridgehead atoms. The van der Waals surface area contributed by atoms with Gasteiger partial charge in [0.25, 0.3) is 10.0 Å². The summed E-state index contributed by atoms with van der Waals surface area (Å²) in [5, 5.41) is 3.20. The molecule has 4 aromatic rings. The molecule has 1 saturated carbocycles. The number of sulfonamides is 1. The summed E-state index contributed by atoms with van der Waals surface area (Å²) in [7, 11) is -4.25. The fourth-order valence-corrected chi connectivity index (χ4v) is 7.99. The molecule has 2 amide bonds. The number of hydrogen-bond acceptors (Lipinski definition) is 6. The average Bonchev–Trinajstić information content (AvgIpc) is 3.14. The van der Waals surface area contributed by atoms with Crippen molar-refractivity contribution >= 4 is 39.3 Å². The minimum Gasteiger partial charge on any atom is -0.494 e. The van der Waals surface area contributed by atoms with Gasteiger partial charge < -0.3 is 15.0 Å². The first kappa shape index (κ1) is 36.9. The third-order valence-corrected chi connectivity index (χ3v) is 11.4. The zero-order valence-corrected chi connectivity index (χ0v) is 30.1. The monoisotopic (exact) mass is 717 g/mol. The van der Waals surface area contributed by atoms with Crippen LogP contribution in [0.3, 0.4) is 0 Å². The number of benzene rings is 4. The van der Waals surface area contributed by atoms with E-state index in [4.69, 9.17) is 4.74 Å². The number of hydrogen-bond donors (Lipinski definition) is 1. The zero-order chi connectivity index (χ0) is 35.5. The van der Waals surface area contributed by atoms with Crippen LogP contribution in [0.15, 0.2) is 113 Å². The number of carbonyl (C=O) groups is 2. The van der Waals surface area contributed by atoms with Gasteiger partial charge in [-0.2, -0.15) is 0 Å². The van der Waals surface area contributed by atoms with Gasteiger partial charge in [0, 0.05) is 23.9 Å². The third-order valence-electron chi connectivity index (χ3n) is 8.85. The number of carbonyl (C=O) groups excluding carboxylic acids is 2. The normalized spacial score (nSPS) is 14.1. The number of rotatable bonds is 15. The van der Waals surface area contributed by atoms with Gasteiger partial charge in [-0.3, -0.25) is 13.9 Å². The zero-order valence-electron chi connectivity index (χ0n) is 28.5. The molecule has 11 heteroatoms. The van der Waals surface area contributed by atoms with Crippen molar-refractivity contribution in [2.45, 2.75) is 73.9 Å². The Bertz CT molecular complexity index is 1800. The summed E-state index contributed by atoms with van der Waals surface area (Å²) in [6.45, 7) is 1.68. The summed E-state index contributed by atoms with van der Waals surface area (Å²) in [5.74, 6) is -0.751. The molecule has 0 unspecified atom stereocenters. The largest absolute Gasteiger partial charge is 0.494 e. The summed E-state index contributed by atoms with van der Waals surface area (Å²) in [5.41, 5.74) is 1.72. The maximum Gasteiger partial charge on any atom is 0.264 e. The molecule has 0 saturated heterocycles. The molecule has 0 aliphatic heterocycles. The predicted molar refractivity (Wildman–Crippen MR) is 196 cm³/mol. The maximum atomic E-state index is 14.7. The smallest absolute Gasteiger partial charge is 0.264 e. The van der Waals surface area contributed by atoms with Crippen LogP contribution in [0, 0.1) is 5.82 Å². The van der Waals surface area contributed by atoms with Crippen LogP contribution in [0.2, 0.25) is 0 Å². The maximum absolute atomic E-state index is 14.7. The van der Waals surface area contributed by atoms with Crippen molar-refractivity contribution in [3.8, 4) is 5.75 Å². The lowest BCUT2D eigenvalue weighted by Crippen LogP contribution is -2.55. The van der Waals surface area contributed by atoms with Crippen LogP contribution in [-0.4, -0.2) is 56.6 Å². The SMILES string of the molecule is CCOc1ccc(N(CC(=O)N(Cc2ccc(F)cc2)[C@@H](Cc2ccccc2)C(=O)NC2CCCCC2)S(=O)(=O)c2ccc(SC)cc2)cc1. The minimum absolute atomic E-state index is 0.0118. The average molecular weight is 718 g/mol. The van der Waals surface area contributed by atoms with Gasteiger partial charge in [0.15, 0.2) is 0 Å². The van der Waals surface area contributed by atoms with E-state index >= 15 is 0 Å². The van der Waals surface area contributed by atoms with Crippen LogP contribution in [0.5, 0.6) is 5.75 Å². The first-order valence-electron chi connectivity index (χ1n) is 17.0. The highest BCUT2D eigenvalue weighted by Crippen LogP contribution is 2.28. The number of ether oxygens (including phenoxy) is 1. The topological polar surface area (TPSA) is 96.0 Å². The third kappa shape index (κ3) is 9.66. The second-order valence-electron chi connectivity index (χ2n) is 12.3. The van der Waals surface area contributed by atoms with Crippen LogP contribution in [0.1, 0.15) is 50.2 Å². The van der Waals surface area contributed by atoms with Crippen LogP contribution >= 0.6 is 11.8 Å². The molecule has 0 heterocycles. The van der Waals surface area contributed by atoms with Crippen molar-refractivity contribution in [3.63, 3.8) is 0 Å². The Morgan fingerprint density at radius 2 is 1.54 bits per heavy atom. The van der Waals surface area contributed by atoms with E-state index in [0.717, 1.165) is 46.9 Å². The molecule has 1 fully saturated rings. The predicted octanol–water partition coefficient (Wildman–Crippen LogP) is 7.23. The lowest BCUT2D eigenvalue weighted by atomic mass is 9.94. The van der Waals surface area contributed by atoms with Crippen molar-refractivity contribution in [2.24, 2.45) is 0 Å². The van der Waals surface area contributed by atoms with E-state index in [2.05, 4.69) is 5.32 Å². The molecule has 1 N–H and O–H groups in total. The Labute approximate surface area is 299 Å². The number of amides is 2. The summed E-state index contributed by atoms with van der Waals surface area (Å²) in [4.78, 5) is 31.3. The van der Waals surface area contributed by atoms with Crippen molar-refractivity contribution in [2.75, 3.05) is 23.7 Å². The highest BCUT2D eigenvalue weighted by atomic mass is 32.2. The molecule has 0 aromatic heterocycles. The van der Waals surface area contributed by atoms with Crippen LogP contribution in [-0.2, 0) is 32.6 Å². The summed E-state index contributed by atoms with van der Waals surface area (Å²) in [6.07, 6.45) is 6.96. The fraction of sp³-hybridized carbons (Fsp3) is 0.333. The Morgan fingerprint density at radius 1 is 0.880 bits per heavy atom. The van der Waals surface area contributed by atoms with Crippen LogP contribution < -0.4 is 14.4 Å². The lowest BCUT2D eigenvalue weighted by molar-refractivity contribution is -0.140. The first-order chi connectivity index (χ1) is 24.2. The number of nitrogens with one attached hydrogen (secondary N) is 1. The van der Waals surface area contributed by atoms with E-state index < -0.39 is 34.3 Å². The number of thioether (sulfide) groups is 1. The highest BCUT2D eigenvalue weighted by molar-refractivity contribution is 7.98. The first-order valence-corrected chi connectivity index (χ1v) is 19.6.